The molecule has 1 aliphatic carbocycles. The van der Waals surface area contributed by atoms with Gasteiger partial charge >= 0.3 is 0 Å². The molecule has 0 saturated carbocycles. The average Bonchev–Trinajstić information content (AvgIpc) is 3.02. The van der Waals surface area contributed by atoms with Gasteiger partial charge in [-0.3, -0.25) is 9.78 Å². The van der Waals surface area contributed by atoms with E-state index in [9.17, 15) is 4.79 Å². The fourth-order valence-electron chi connectivity index (χ4n) is 2.93. The first kappa shape index (κ1) is 15.4. The van der Waals surface area contributed by atoms with E-state index in [1.807, 2.05) is 49.4 Å². The predicted molar refractivity (Wildman–Crippen MR) is 93.8 cm³/mol. The topological polar surface area (TPSA) is 65.0 Å². The Hall–Kier alpha value is -3.08. The molecule has 1 aliphatic rings. The SMILES string of the molecule is CCc1cc(Oc2ccc3c(c2)CCC3=O)nc(-c2ccccn2)n1. The van der Waals surface area contributed by atoms with Gasteiger partial charge in [0.2, 0.25) is 5.88 Å². The molecule has 4 rings (SSSR count). The molecule has 2 aromatic heterocycles. The van der Waals surface area contributed by atoms with Crippen molar-refractivity contribution in [3.05, 3.63) is 65.5 Å². The number of ketones is 1. The summed E-state index contributed by atoms with van der Waals surface area (Å²) < 4.78 is 5.95. The van der Waals surface area contributed by atoms with E-state index in [0.29, 0.717) is 29.6 Å². The van der Waals surface area contributed by atoms with Crippen LogP contribution in [-0.2, 0) is 12.8 Å². The lowest BCUT2D eigenvalue weighted by atomic mass is 10.1. The highest BCUT2D eigenvalue weighted by Gasteiger charge is 2.20. The zero-order valence-corrected chi connectivity index (χ0v) is 13.9. The molecule has 0 spiro atoms. The Morgan fingerprint density at radius 1 is 1.08 bits per heavy atom. The van der Waals surface area contributed by atoms with E-state index >= 15 is 0 Å². The van der Waals surface area contributed by atoms with Crippen molar-refractivity contribution in [2.24, 2.45) is 0 Å². The van der Waals surface area contributed by atoms with E-state index in [4.69, 9.17) is 4.74 Å². The normalized spacial score (nSPS) is 12.9. The van der Waals surface area contributed by atoms with Crippen LogP contribution in [0.25, 0.3) is 11.5 Å². The summed E-state index contributed by atoms with van der Waals surface area (Å²) in [7, 11) is 0. The lowest BCUT2D eigenvalue weighted by Crippen LogP contribution is -1.99. The summed E-state index contributed by atoms with van der Waals surface area (Å²) in [4.78, 5) is 25.1. The molecule has 0 amide bonds. The molecule has 25 heavy (non-hydrogen) atoms. The average molecular weight is 331 g/mol. The molecule has 5 heteroatoms. The summed E-state index contributed by atoms with van der Waals surface area (Å²) in [6.07, 6.45) is 3.84. The molecule has 0 aliphatic heterocycles. The van der Waals surface area contributed by atoms with Gasteiger partial charge in [0.25, 0.3) is 0 Å². The van der Waals surface area contributed by atoms with Gasteiger partial charge in [0.15, 0.2) is 11.6 Å². The van der Waals surface area contributed by atoms with Gasteiger partial charge < -0.3 is 4.74 Å². The molecule has 5 nitrogen and oxygen atoms in total. The first-order valence-electron chi connectivity index (χ1n) is 8.36. The maximum Gasteiger partial charge on any atom is 0.223 e. The zero-order valence-electron chi connectivity index (χ0n) is 13.9. The lowest BCUT2D eigenvalue weighted by Gasteiger charge is -2.09. The molecular weight excluding hydrogens is 314 g/mol. The van der Waals surface area contributed by atoms with E-state index in [0.717, 1.165) is 29.7 Å². The van der Waals surface area contributed by atoms with Crippen LogP contribution in [0.3, 0.4) is 0 Å². The van der Waals surface area contributed by atoms with Crippen LogP contribution >= 0.6 is 0 Å². The number of aryl methyl sites for hydroxylation is 2. The molecule has 0 unspecified atom stereocenters. The largest absolute Gasteiger partial charge is 0.439 e. The molecular formula is C20H17N3O2. The summed E-state index contributed by atoms with van der Waals surface area (Å²) in [6.45, 7) is 2.04. The Morgan fingerprint density at radius 2 is 2.00 bits per heavy atom. The summed E-state index contributed by atoms with van der Waals surface area (Å²) in [5, 5.41) is 0. The molecule has 0 N–H and O–H groups in total. The number of benzene rings is 1. The van der Waals surface area contributed by atoms with Gasteiger partial charge in [0.05, 0.1) is 0 Å². The van der Waals surface area contributed by atoms with Crippen molar-refractivity contribution in [1.82, 2.24) is 15.0 Å². The Kier molecular flexibility index (Phi) is 3.98. The minimum absolute atomic E-state index is 0.203. The van der Waals surface area contributed by atoms with Gasteiger partial charge in [0, 0.05) is 29.9 Å². The van der Waals surface area contributed by atoms with Crippen molar-refractivity contribution in [2.45, 2.75) is 26.2 Å². The number of aromatic nitrogens is 3. The van der Waals surface area contributed by atoms with Crippen LogP contribution in [0.15, 0.2) is 48.7 Å². The van der Waals surface area contributed by atoms with Crippen molar-refractivity contribution in [2.75, 3.05) is 0 Å². The van der Waals surface area contributed by atoms with E-state index in [1.54, 1.807) is 6.20 Å². The van der Waals surface area contributed by atoms with Crippen LogP contribution in [0, 0.1) is 0 Å². The molecule has 0 bridgehead atoms. The summed E-state index contributed by atoms with van der Waals surface area (Å²) in [6, 6.07) is 13.1. The standard InChI is InChI=1S/C20H17N3O2/c1-2-14-12-19(23-20(22-14)17-5-3-4-10-21-17)25-15-7-8-16-13(11-15)6-9-18(16)24/h3-5,7-8,10-12H,2,6,9H2,1H3. The van der Waals surface area contributed by atoms with Gasteiger partial charge in [-0.15, -0.1) is 0 Å². The van der Waals surface area contributed by atoms with Crippen LogP contribution in [0.2, 0.25) is 0 Å². The minimum Gasteiger partial charge on any atom is -0.439 e. The van der Waals surface area contributed by atoms with E-state index in [1.165, 1.54) is 0 Å². The van der Waals surface area contributed by atoms with Gasteiger partial charge in [0.1, 0.15) is 11.4 Å². The fourth-order valence-corrected chi connectivity index (χ4v) is 2.93. The fraction of sp³-hybridized carbons (Fsp3) is 0.200. The van der Waals surface area contributed by atoms with Crippen LogP contribution in [0.1, 0.15) is 35.0 Å². The minimum atomic E-state index is 0.203. The molecule has 2 heterocycles. The van der Waals surface area contributed by atoms with E-state index in [2.05, 4.69) is 15.0 Å². The lowest BCUT2D eigenvalue weighted by molar-refractivity contribution is 0.0994. The van der Waals surface area contributed by atoms with Crippen molar-refractivity contribution >= 4 is 5.78 Å². The van der Waals surface area contributed by atoms with Crippen LogP contribution in [0.5, 0.6) is 11.6 Å². The molecule has 0 atom stereocenters. The number of hydrogen-bond acceptors (Lipinski definition) is 5. The maximum atomic E-state index is 11.8. The molecule has 1 aromatic carbocycles. The number of hydrogen-bond donors (Lipinski definition) is 0. The Labute approximate surface area is 145 Å². The second-order valence-electron chi connectivity index (χ2n) is 5.93. The summed E-state index contributed by atoms with van der Waals surface area (Å²) in [5.74, 6) is 1.92. The summed E-state index contributed by atoms with van der Waals surface area (Å²) in [5.41, 5.74) is 3.44. The van der Waals surface area contributed by atoms with Gasteiger partial charge in [-0.05, 0) is 48.7 Å². The van der Waals surface area contributed by atoms with Crippen molar-refractivity contribution in [3.63, 3.8) is 0 Å². The third-order valence-corrected chi connectivity index (χ3v) is 4.23. The van der Waals surface area contributed by atoms with Crippen molar-refractivity contribution < 1.29 is 9.53 Å². The van der Waals surface area contributed by atoms with Gasteiger partial charge in [-0.2, -0.15) is 4.98 Å². The number of nitrogens with zero attached hydrogens (tertiary/aromatic N) is 3. The number of ether oxygens (including phenoxy) is 1. The Morgan fingerprint density at radius 3 is 2.80 bits per heavy atom. The maximum absolute atomic E-state index is 11.8. The number of pyridine rings is 1. The van der Waals surface area contributed by atoms with E-state index < -0.39 is 0 Å². The third kappa shape index (κ3) is 3.13. The van der Waals surface area contributed by atoms with Gasteiger partial charge in [-0.1, -0.05) is 13.0 Å². The quantitative estimate of drug-likeness (QED) is 0.722. The zero-order chi connectivity index (χ0) is 17.2. The molecule has 0 radical (unpaired) electrons. The second kappa shape index (κ2) is 6.43. The first-order valence-corrected chi connectivity index (χ1v) is 8.36. The summed E-state index contributed by atoms with van der Waals surface area (Å²) >= 11 is 0. The number of Topliss-reactive ketones (excluding diaryl/α,β-unsaturated/α-hetero) is 1. The van der Waals surface area contributed by atoms with Crippen LogP contribution in [-0.4, -0.2) is 20.7 Å². The highest BCUT2D eigenvalue weighted by molar-refractivity contribution is 6.00. The monoisotopic (exact) mass is 331 g/mol. The number of carbonyl (C=O) groups excluding carboxylic acids is 1. The number of rotatable bonds is 4. The smallest absolute Gasteiger partial charge is 0.223 e. The van der Waals surface area contributed by atoms with E-state index in [-0.39, 0.29) is 5.78 Å². The highest BCUT2D eigenvalue weighted by Crippen LogP contribution is 2.29. The Balaban J connectivity index is 1.67. The third-order valence-electron chi connectivity index (χ3n) is 4.23. The molecule has 0 fully saturated rings. The highest BCUT2D eigenvalue weighted by atomic mass is 16.5. The second-order valence-corrected chi connectivity index (χ2v) is 5.93. The molecule has 124 valence electrons. The first-order chi connectivity index (χ1) is 12.2. The van der Waals surface area contributed by atoms with Crippen LogP contribution in [0.4, 0.5) is 0 Å². The number of carbonyl (C=O) groups is 1. The van der Waals surface area contributed by atoms with Crippen molar-refractivity contribution in [3.8, 4) is 23.1 Å². The Bertz CT molecular complexity index is 939. The van der Waals surface area contributed by atoms with Gasteiger partial charge in [-0.25, -0.2) is 4.98 Å². The number of fused-ring (bicyclic) bond motifs is 1. The van der Waals surface area contributed by atoms with Crippen LogP contribution < -0.4 is 4.74 Å². The molecule has 3 aromatic rings. The predicted octanol–water partition coefficient (Wildman–Crippen LogP) is 4.02. The van der Waals surface area contributed by atoms with Crippen molar-refractivity contribution in [1.29, 1.82) is 0 Å². The molecule has 0 saturated heterocycles.